The number of H-pyrrole nitrogens is 1. The molecule has 0 spiro atoms. The van der Waals surface area contributed by atoms with Crippen molar-refractivity contribution < 1.29 is 8.78 Å². The molecule has 0 aliphatic rings. The van der Waals surface area contributed by atoms with Crippen molar-refractivity contribution in [2.75, 3.05) is 0 Å². The maximum absolute atomic E-state index is 13.7. The molecule has 2 aromatic carbocycles. The topological polar surface area (TPSA) is 45.8 Å². The number of fused-ring (bicyclic) bond motifs is 1. The SMILES string of the molecule is O=c1[nH]nc(Cc2ccc(F)cc2F)c2ccccc12. The van der Waals surface area contributed by atoms with Gasteiger partial charge in [0.2, 0.25) is 0 Å². The molecule has 0 unspecified atom stereocenters. The van der Waals surface area contributed by atoms with E-state index in [9.17, 15) is 13.6 Å². The van der Waals surface area contributed by atoms with Gasteiger partial charge in [-0.15, -0.1) is 0 Å². The van der Waals surface area contributed by atoms with E-state index in [2.05, 4.69) is 10.2 Å². The summed E-state index contributed by atoms with van der Waals surface area (Å²) in [4.78, 5) is 11.7. The van der Waals surface area contributed by atoms with Crippen LogP contribution in [0.5, 0.6) is 0 Å². The highest BCUT2D eigenvalue weighted by atomic mass is 19.1. The number of aromatic amines is 1. The van der Waals surface area contributed by atoms with Crippen LogP contribution in [-0.2, 0) is 6.42 Å². The lowest BCUT2D eigenvalue weighted by Gasteiger charge is -2.06. The quantitative estimate of drug-likeness (QED) is 0.779. The van der Waals surface area contributed by atoms with Gasteiger partial charge in [-0.3, -0.25) is 4.79 Å². The Balaban J connectivity index is 2.11. The maximum Gasteiger partial charge on any atom is 0.272 e. The van der Waals surface area contributed by atoms with Crippen molar-refractivity contribution in [1.82, 2.24) is 10.2 Å². The molecular weight excluding hydrogens is 262 g/mol. The molecule has 1 N–H and O–H groups in total. The fourth-order valence-corrected chi connectivity index (χ4v) is 2.15. The zero-order valence-corrected chi connectivity index (χ0v) is 10.4. The third kappa shape index (κ3) is 2.18. The third-order valence-electron chi connectivity index (χ3n) is 3.15. The van der Waals surface area contributed by atoms with E-state index < -0.39 is 11.6 Å². The van der Waals surface area contributed by atoms with E-state index in [1.807, 2.05) is 0 Å². The van der Waals surface area contributed by atoms with Crippen molar-refractivity contribution in [3.63, 3.8) is 0 Å². The number of aromatic nitrogens is 2. The monoisotopic (exact) mass is 272 g/mol. The molecule has 0 fully saturated rings. The Morgan fingerprint density at radius 3 is 2.55 bits per heavy atom. The summed E-state index contributed by atoms with van der Waals surface area (Å²) >= 11 is 0. The molecule has 3 rings (SSSR count). The molecule has 0 amide bonds. The Labute approximate surface area is 112 Å². The van der Waals surface area contributed by atoms with Crippen LogP contribution in [-0.4, -0.2) is 10.2 Å². The van der Waals surface area contributed by atoms with Crippen LogP contribution < -0.4 is 5.56 Å². The van der Waals surface area contributed by atoms with Crippen molar-refractivity contribution in [3.05, 3.63) is 75.7 Å². The van der Waals surface area contributed by atoms with Gasteiger partial charge in [0.15, 0.2) is 0 Å². The van der Waals surface area contributed by atoms with Gasteiger partial charge in [0.05, 0.1) is 11.1 Å². The molecule has 0 aliphatic carbocycles. The summed E-state index contributed by atoms with van der Waals surface area (Å²) < 4.78 is 26.6. The largest absolute Gasteiger partial charge is 0.272 e. The van der Waals surface area contributed by atoms with Gasteiger partial charge in [0, 0.05) is 17.9 Å². The number of nitrogens with one attached hydrogen (secondary N) is 1. The predicted molar refractivity (Wildman–Crippen MR) is 71.5 cm³/mol. The van der Waals surface area contributed by atoms with E-state index in [0.717, 1.165) is 6.07 Å². The fourth-order valence-electron chi connectivity index (χ4n) is 2.15. The lowest BCUT2D eigenvalue weighted by Crippen LogP contribution is -2.11. The van der Waals surface area contributed by atoms with Crippen LogP contribution in [0.4, 0.5) is 8.78 Å². The fraction of sp³-hybridized carbons (Fsp3) is 0.0667. The summed E-state index contributed by atoms with van der Waals surface area (Å²) in [5.74, 6) is -1.24. The van der Waals surface area contributed by atoms with Crippen molar-refractivity contribution >= 4 is 10.8 Å². The zero-order valence-electron chi connectivity index (χ0n) is 10.4. The minimum Gasteiger partial charge on any atom is -0.267 e. The zero-order chi connectivity index (χ0) is 14.1. The third-order valence-corrected chi connectivity index (χ3v) is 3.15. The van der Waals surface area contributed by atoms with E-state index in [0.29, 0.717) is 22.0 Å². The number of hydrogen-bond donors (Lipinski definition) is 1. The van der Waals surface area contributed by atoms with Crippen molar-refractivity contribution in [3.8, 4) is 0 Å². The second-order valence-corrected chi connectivity index (χ2v) is 4.46. The first-order valence-electron chi connectivity index (χ1n) is 6.05. The highest BCUT2D eigenvalue weighted by Crippen LogP contribution is 2.18. The van der Waals surface area contributed by atoms with E-state index in [-0.39, 0.29) is 12.0 Å². The molecule has 5 heteroatoms. The van der Waals surface area contributed by atoms with E-state index in [4.69, 9.17) is 0 Å². The Hall–Kier alpha value is -2.56. The van der Waals surface area contributed by atoms with Gasteiger partial charge >= 0.3 is 0 Å². The van der Waals surface area contributed by atoms with Gasteiger partial charge in [-0.2, -0.15) is 5.10 Å². The number of hydrogen-bond acceptors (Lipinski definition) is 2. The van der Waals surface area contributed by atoms with Gasteiger partial charge in [0.1, 0.15) is 11.6 Å². The molecule has 0 saturated carbocycles. The van der Waals surface area contributed by atoms with E-state index >= 15 is 0 Å². The predicted octanol–water partition coefficient (Wildman–Crippen LogP) is 2.79. The van der Waals surface area contributed by atoms with Gasteiger partial charge < -0.3 is 0 Å². The molecule has 1 aromatic heterocycles. The summed E-state index contributed by atoms with van der Waals surface area (Å²) in [6.45, 7) is 0. The highest BCUT2D eigenvalue weighted by Gasteiger charge is 2.10. The van der Waals surface area contributed by atoms with Crippen molar-refractivity contribution in [1.29, 1.82) is 0 Å². The molecule has 100 valence electrons. The first-order valence-corrected chi connectivity index (χ1v) is 6.05. The standard InChI is InChI=1S/C15H10F2N2O/c16-10-6-5-9(13(17)8-10)7-14-11-3-1-2-4-12(11)15(20)19-18-14/h1-6,8H,7H2,(H,19,20). The number of rotatable bonds is 2. The molecule has 0 atom stereocenters. The van der Waals surface area contributed by atoms with Gasteiger partial charge in [-0.05, 0) is 17.7 Å². The van der Waals surface area contributed by atoms with Crippen LogP contribution in [0.2, 0.25) is 0 Å². The number of benzene rings is 2. The first-order chi connectivity index (χ1) is 9.65. The molecule has 0 aliphatic heterocycles. The lowest BCUT2D eigenvalue weighted by atomic mass is 10.0. The summed E-state index contributed by atoms with van der Waals surface area (Å²) in [5, 5.41) is 7.53. The van der Waals surface area contributed by atoms with Gasteiger partial charge in [-0.1, -0.05) is 24.3 Å². The van der Waals surface area contributed by atoms with E-state index in [1.54, 1.807) is 24.3 Å². The maximum atomic E-state index is 13.7. The second kappa shape index (κ2) is 4.85. The van der Waals surface area contributed by atoms with Crippen LogP contribution in [0.15, 0.2) is 47.3 Å². The number of halogens is 2. The lowest BCUT2D eigenvalue weighted by molar-refractivity contribution is 0.574. The van der Waals surface area contributed by atoms with Crippen LogP contribution in [0.1, 0.15) is 11.3 Å². The van der Waals surface area contributed by atoms with Crippen LogP contribution in [0.25, 0.3) is 10.8 Å². The van der Waals surface area contributed by atoms with Crippen LogP contribution >= 0.6 is 0 Å². The Morgan fingerprint density at radius 1 is 1.05 bits per heavy atom. The summed E-state index contributed by atoms with van der Waals surface area (Å²) in [6, 6.07) is 10.4. The van der Waals surface area contributed by atoms with Crippen molar-refractivity contribution in [2.24, 2.45) is 0 Å². The Bertz CT molecular complexity index is 843. The van der Waals surface area contributed by atoms with Gasteiger partial charge in [0.25, 0.3) is 5.56 Å². The van der Waals surface area contributed by atoms with Crippen molar-refractivity contribution in [2.45, 2.75) is 6.42 Å². The average molecular weight is 272 g/mol. The Kier molecular flexibility index (Phi) is 3.02. The smallest absolute Gasteiger partial charge is 0.267 e. The minimum absolute atomic E-state index is 0.184. The normalized spacial score (nSPS) is 10.9. The average Bonchev–Trinajstić information content (AvgIpc) is 2.45. The van der Waals surface area contributed by atoms with Crippen LogP contribution in [0, 0.1) is 11.6 Å². The number of nitrogens with zero attached hydrogens (tertiary/aromatic N) is 1. The molecule has 0 bridgehead atoms. The molecule has 0 radical (unpaired) electrons. The first kappa shape index (κ1) is 12.5. The summed E-state index contributed by atoms with van der Waals surface area (Å²) in [7, 11) is 0. The molecule has 3 nitrogen and oxygen atoms in total. The molecule has 20 heavy (non-hydrogen) atoms. The molecular formula is C15H10F2N2O. The minimum atomic E-state index is -0.623. The highest BCUT2D eigenvalue weighted by molar-refractivity contribution is 5.83. The summed E-state index contributed by atoms with van der Waals surface area (Å²) in [5.41, 5.74) is 0.589. The second-order valence-electron chi connectivity index (χ2n) is 4.46. The Morgan fingerprint density at radius 2 is 1.80 bits per heavy atom. The van der Waals surface area contributed by atoms with Gasteiger partial charge in [-0.25, -0.2) is 13.9 Å². The van der Waals surface area contributed by atoms with E-state index in [1.165, 1.54) is 12.1 Å². The van der Waals surface area contributed by atoms with Crippen LogP contribution in [0.3, 0.4) is 0 Å². The molecule has 1 heterocycles. The summed E-state index contributed by atoms with van der Waals surface area (Å²) in [6.07, 6.45) is 0.184. The molecule has 3 aromatic rings. The molecule has 0 saturated heterocycles.